The van der Waals surface area contributed by atoms with Gasteiger partial charge in [0.15, 0.2) is 0 Å². The second kappa shape index (κ2) is 5.44. The molecule has 2 nitrogen and oxygen atoms in total. The molecule has 5 heteroatoms. The number of nitrogens with one attached hydrogen (secondary N) is 1. The summed E-state index contributed by atoms with van der Waals surface area (Å²) in [5.74, 6) is 0.0680. The van der Waals surface area contributed by atoms with E-state index in [1.165, 1.54) is 0 Å². The van der Waals surface area contributed by atoms with Crippen molar-refractivity contribution in [3.05, 3.63) is 0 Å². The summed E-state index contributed by atoms with van der Waals surface area (Å²) in [6.07, 6.45) is -5.54. The van der Waals surface area contributed by atoms with Gasteiger partial charge in [0.1, 0.15) is 0 Å². The highest BCUT2D eigenvalue weighted by Gasteiger charge is 2.26. The van der Waals surface area contributed by atoms with E-state index < -0.39 is 18.7 Å². The molecule has 0 aliphatic heterocycles. The summed E-state index contributed by atoms with van der Waals surface area (Å²) in [5.41, 5.74) is 0. The predicted molar refractivity (Wildman–Crippen MR) is 44.4 cm³/mol. The first-order valence-electron chi connectivity index (χ1n) is 4.28. The van der Waals surface area contributed by atoms with Crippen molar-refractivity contribution in [2.24, 2.45) is 5.92 Å². The molecule has 0 aromatic rings. The van der Waals surface area contributed by atoms with Gasteiger partial charge in [-0.15, -0.1) is 0 Å². The van der Waals surface area contributed by atoms with Crippen LogP contribution in [0.4, 0.5) is 13.2 Å². The van der Waals surface area contributed by atoms with Crippen LogP contribution in [0.5, 0.6) is 0 Å². The van der Waals surface area contributed by atoms with Gasteiger partial charge in [0.2, 0.25) is 0 Å². The van der Waals surface area contributed by atoms with Gasteiger partial charge in [-0.1, -0.05) is 13.8 Å². The van der Waals surface area contributed by atoms with Crippen molar-refractivity contribution in [1.29, 1.82) is 0 Å². The van der Waals surface area contributed by atoms with E-state index in [1.54, 1.807) is 0 Å². The molecule has 80 valence electrons. The molecule has 0 aliphatic carbocycles. The standard InChI is InChI=1S/C8H16F3NO/c1-6(2)7(13)5-12-4-3-8(9,10)11/h6-7,12-13H,3-5H2,1-2H3. The number of aliphatic hydroxyl groups is 1. The fraction of sp³-hybridized carbons (Fsp3) is 1.00. The van der Waals surface area contributed by atoms with Crippen molar-refractivity contribution in [3.8, 4) is 0 Å². The molecule has 13 heavy (non-hydrogen) atoms. The van der Waals surface area contributed by atoms with Crippen LogP contribution < -0.4 is 5.32 Å². The minimum absolute atomic E-state index is 0.0680. The number of rotatable bonds is 5. The monoisotopic (exact) mass is 199 g/mol. The Morgan fingerprint density at radius 2 is 1.85 bits per heavy atom. The lowest BCUT2D eigenvalue weighted by Crippen LogP contribution is -2.32. The van der Waals surface area contributed by atoms with Gasteiger partial charge in [-0.05, 0) is 5.92 Å². The summed E-state index contributed by atoms with van der Waals surface area (Å²) < 4.78 is 34.9. The van der Waals surface area contributed by atoms with Crippen molar-refractivity contribution < 1.29 is 18.3 Å². The summed E-state index contributed by atoms with van der Waals surface area (Å²) >= 11 is 0. The summed E-state index contributed by atoms with van der Waals surface area (Å²) in [4.78, 5) is 0. The van der Waals surface area contributed by atoms with Gasteiger partial charge in [0.05, 0.1) is 12.5 Å². The van der Waals surface area contributed by atoms with Crippen LogP contribution >= 0.6 is 0 Å². The summed E-state index contributed by atoms with van der Waals surface area (Å²) in [5, 5.41) is 11.8. The molecule has 0 heterocycles. The van der Waals surface area contributed by atoms with Crippen LogP contribution in [0.25, 0.3) is 0 Å². The molecule has 1 unspecified atom stereocenters. The molecular weight excluding hydrogens is 183 g/mol. The van der Waals surface area contributed by atoms with E-state index in [9.17, 15) is 18.3 Å². The number of hydrogen-bond acceptors (Lipinski definition) is 2. The van der Waals surface area contributed by atoms with Crippen molar-refractivity contribution in [1.82, 2.24) is 5.32 Å². The number of aliphatic hydroxyl groups excluding tert-OH is 1. The summed E-state index contributed by atoms with van der Waals surface area (Å²) in [6.45, 7) is 3.72. The molecule has 0 bridgehead atoms. The molecule has 0 saturated heterocycles. The highest BCUT2D eigenvalue weighted by atomic mass is 19.4. The third-order valence-electron chi connectivity index (χ3n) is 1.71. The topological polar surface area (TPSA) is 32.3 Å². The van der Waals surface area contributed by atoms with E-state index in [4.69, 9.17) is 0 Å². The Bertz CT molecular complexity index is 136. The third kappa shape index (κ3) is 8.05. The zero-order valence-electron chi connectivity index (χ0n) is 7.86. The van der Waals surface area contributed by atoms with E-state index in [0.717, 1.165) is 0 Å². The molecule has 0 rings (SSSR count). The van der Waals surface area contributed by atoms with E-state index in [0.29, 0.717) is 0 Å². The predicted octanol–water partition coefficient (Wildman–Crippen LogP) is 1.55. The molecule has 1 atom stereocenters. The fourth-order valence-electron chi connectivity index (χ4n) is 0.716. The average molecular weight is 199 g/mol. The van der Waals surface area contributed by atoms with Crippen molar-refractivity contribution in [2.45, 2.75) is 32.5 Å². The third-order valence-corrected chi connectivity index (χ3v) is 1.71. The summed E-state index contributed by atoms with van der Waals surface area (Å²) in [6, 6.07) is 0. The smallest absolute Gasteiger partial charge is 0.390 e. The second-order valence-electron chi connectivity index (χ2n) is 3.38. The molecule has 0 saturated carbocycles. The second-order valence-corrected chi connectivity index (χ2v) is 3.38. The Labute approximate surface area is 76.1 Å². The SMILES string of the molecule is CC(C)C(O)CNCCC(F)(F)F. The van der Waals surface area contributed by atoms with Crippen molar-refractivity contribution >= 4 is 0 Å². The molecule has 0 aliphatic rings. The lowest BCUT2D eigenvalue weighted by molar-refractivity contribution is -0.133. The first kappa shape index (κ1) is 12.7. The van der Waals surface area contributed by atoms with Crippen LogP contribution in [0.15, 0.2) is 0 Å². The molecule has 0 spiro atoms. The molecule has 0 amide bonds. The van der Waals surface area contributed by atoms with E-state index in [2.05, 4.69) is 5.32 Å². The van der Waals surface area contributed by atoms with Gasteiger partial charge in [0.25, 0.3) is 0 Å². The first-order chi connectivity index (χ1) is 5.83. The van der Waals surface area contributed by atoms with Crippen LogP contribution in [0.2, 0.25) is 0 Å². The van der Waals surface area contributed by atoms with Crippen LogP contribution in [0, 0.1) is 5.92 Å². The van der Waals surface area contributed by atoms with Gasteiger partial charge in [-0.2, -0.15) is 13.2 Å². The van der Waals surface area contributed by atoms with Gasteiger partial charge >= 0.3 is 6.18 Å². The van der Waals surface area contributed by atoms with E-state index in [1.807, 2.05) is 13.8 Å². The van der Waals surface area contributed by atoms with Crippen LogP contribution in [-0.4, -0.2) is 30.5 Å². The Morgan fingerprint density at radius 3 is 2.23 bits per heavy atom. The van der Waals surface area contributed by atoms with Crippen LogP contribution in [0.3, 0.4) is 0 Å². The molecular formula is C8H16F3NO. The Hall–Kier alpha value is -0.290. The molecule has 0 aromatic heterocycles. The largest absolute Gasteiger partial charge is 0.392 e. The fourth-order valence-corrected chi connectivity index (χ4v) is 0.716. The average Bonchev–Trinajstić information content (AvgIpc) is 1.95. The van der Waals surface area contributed by atoms with Gasteiger partial charge in [-0.25, -0.2) is 0 Å². The number of hydrogen-bond donors (Lipinski definition) is 2. The number of halogens is 3. The quantitative estimate of drug-likeness (QED) is 0.658. The zero-order chi connectivity index (χ0) is 10.5. The maximum Gasteiger partial charge on any atom is 0.390 e. The molecule has 0 fully saturated rings. The Morgan fingerprint density at radius 1 is 1.31 bits per heavy atom. The lowest BCUT2D eigenvalue weighted by Gasteiger charge is -2.15. The maximum atomic E-state index is 11.6. The molecule has 0 radical (unpaired) electrons. The summed E-state index contributed by atoms with van der Waals surface area (Å²) in [7, 11) is 0. The normalized spacial score (nSPS) is 15.0. The van der Waals surface area contributed by atoms with E-state index >= 15 is 0 Å². The lowest BCUT2D eigenvalue weighted by atomic mass is 10.1. The van der Waals surface area contributed by atoms with E-state index in [-0.39, 0.29) is 19.0 Å². The minimum atomic E-state index is -4.12. The van der Waals surface area contributed by atoms with Crippen LogP contribution in [0.1, 0.15) is 20.3 Å². The van der Waals surface area contributed by atoms with Gasteiger partial charge < -0.3 is 10.4 Å². The molecule has 2 N–H and O–H groups in total. The van der Waals surface area contributed by atoms with Gasteiger partial charge in [0, 0.05) is 13.1 Å². The van der Waals surface area contributed by atoms with Gasteiger partial charge in [-0.3, -0.25) is 0 Å². The zero-order valence-corrected chi connectivity index (χ0v) is 7.86. The van der Waals surface area contributed by atoms with Crippen LogP contribution in [-0.2, 0) is 0 Å². The van der Waals surface area contributed by atoms with Crippen molar-refractivity contribution in [2.75, 3.05) is 13.1 Å². The highest BCUT2D eigenvalue weighted by molar-refractivity contribution is 4.63. The molecule has 0 aromatic carbocycles. The Kier molecular flexibility index (Phi) is 5.32. The van der Waals surface area contributed by atoms with Crippen molar-refractivity contribution in [3.63, 3.8) is 0 Å². The maximum absolute atomic E-state index is 11.6. The Balaban J connectivity index is 3.36. The number of alkyl halides is 3. The highest BCUT2D eigenvalue weighted by Crippen LogP contribution is 2.18. The minimum Gasteiger partial charge on any atom is -0.392 e. The first-order valence-corrected chi connectivity index (χ1v) is 4.28.